The summed E-state index contributed by atoms with van der Waals surface area (Å²) in [6.07, 6.45) is 0. The molecule has 0 spiro atoms. The molecule has 5 heteroatoms. The summed E-state index contributed by atoms with van der Waals surface area (Å²) in [6, 6.07) is 7.89. The van der Waals surface area contributed by atoms with Gasteiger partial charge in [-0.25, -0.2) is 0 Å². The van der Waals surface area contributed by atoms with Gasteiger partial charge in [-0.1, -0.05) is 24.2 Å². The van der Waals surface area contributed by atoms with Gasteiger partial charge in [-0.05, 0) is 17.9 Å². The molecule has 0 saturated carbocycles. The first-order valence-electron chi connectivity index (χ1n) is 5.52. The van der Waals surface area contributed by atoms with Crippen LogP contribution in [0, 0.1) is 0 Å². The first-order valence-corrected chi connectivity index (χ1v) is 6.68. The molecule has 0 bridgehead atoms. The zero-order chi connectivity index (χ0) is 12.1. The smallest absolute Gasteiger partial charge is 0.260 e. The normalized spacial score (nSPS) is 10.5. The molecule has 90 valence electrons. The second kappa shape index (κ2) is 5.72. The van der Waals surface area contributed by atoms with Crippen molar-refractivity contribution in [1.82, 2.24) is 10.1 Å². The Morgan fingerprint density at radius 2 is 2.18 bits per heavy atom. The molecule has 1 aromatic carbocycles. The number of rotatable bonds is 5. The van der Waals surface area contributed by atoms with Gasteiger partial charge in [0.05, 0.1) is 11.3 Å². The van der Waals surface area contributed by atoms with Crippen LogP contribution in [-0.4, -0.2) is 22.9 Å². The van der Waals surface area contributed by atoms with E-state index in [9.17, 15) is 0 Å². The van der Waals surface area contributed by atoms with E-state index in [0.717, 1.165) is 28.6 Å². The lowest BCUT2D eigenvalue weighted by atomic mass is 10.2. The molecule has 0 saturated heterocycles. The van der Waals surface area contributed by atoms with E-state index < -0.39 is 0 Å². The number of para-hydroxylation sites is 1. The van der Waals surface area contributed by atoms with Crippen molar-refractivity contribution in [2.24, 2.45) is 0 Å². The summed E-state index contributed by atoms with van der Waals surface area (Å²) in [5.41, 5.74) is 1.93. The maximum Gasteiger partial charge on any atom is 0.260 e. The largest absolute Gasteiger partial charge is 0.387 e. The highest BCUT2D eigenvalue weighted by Gasteiger charge is 2.11. The van der Waals surface area contributed by atoms with Gasteiger partial charge >= 0.3 is 0 Å². The van der Waals surface area contributed by atoms with E-state index in [2.05, 4.69) is 22.4 Å². The molecule has 1 heterocycles. The van der Waals surface area contributed by atoms with Crippen LogP contribution in [0.3, 0.4) is 0 Å². The SMILES string of the molecule is CCSCc1noc(-c2ccccc2NC)n1. The highest BCUT2D eigenvalue weighted by molar-refractivity contribution is 7.98. The average Bonchev–Trinajstić information content (AvgIpc) is 2.85. The van der Waals surface area contributed by atoms with E-state index in [4.69, 9.17) is 4.52 Å². The minimum absolute atomic E-state index is 0.571. The van der Waals surface area contributed by atoms with Gasteiger partial charge in [-0.2, -0.15) is 16.7 Å². The predicted octanol–water partition coefficient (Wildman–Crippen LogP) is 3.03. The summed E-state index contributed by atoms with van der Waals surface area (Å²) < 4.78 is 5.28. The van der Waals surface area contributed by atoms with E-state index in [1.165, 1.54) is 0 Å². The van der Waals surface area contributed by atoms with Crippen molar-refractivity contribution in [3.05, 3.63) is 30.1 Å². The molecule has 2 aromatic rings. The third-order valence-corrected chi connectivity index (χ3v) is 3.20. The van der Waals surface area contributed by atoms with Crippen molar-refractivity contribution in [1.29, 1.82) is 0 Å². The van der Waals surface area contributed by atoms with Crippen molar-refractivity contribution in [3.8, 4) is 11.5 Å². The molecule has 1 N–H and O–H groups in total. The number of benzene rings is 1. The maximum absolute atomic E-state index is 5.28. The summed E-state index contributed by atoms with van der Waals surface area (Å²) in [7, 11) is 1.88. The molecule has 0 aliphatic rings. The van der Waals surface area contributed by atoms with Gasteiger partial charge in [0.15, 0.2) is 5.82 Å². The Morgan fingerprint density at radius 1 is 1.35 bits per heavy atom. The molecule has 0 atom stereocenters. The molecule has 0 radical (unpaired) electrons. The van der Waals surface area contributed by atoms with Crippen LogP contribution in [0.5, 0.6) is 0 Å². The maximum atomic E-state index is 5.28. The van der Waals surface area contributed by atoms with Crippen molar-refractivity contribution in [3.63, 3.8) is 0 Å². The predicted molar refractivity (Wildman–Crippen MR) is 71.1 cm³/mol. The van der Waals surface area contributed by atoms with Crippen molar-refractivity contribution in [2.75, 3.05) is 18.1 Å². The Labute approximate surface area is 105 Å². The number of hydrogen-bond donors (Lipinski definition) is 1. The summed E-state index contributed by atoms with van der Waals surface area (Å²) in [5, 5.41) is 7.08. The lowest BCUT2D eigenvalue weighted by Gasteiger charge is -2.03. The van der Waals surface area contributed by atoms with Crippen LogP contribution in [0.1, 0.15) is 12.7 Å². The molecule has 0 aliphatic carbocycles. The Hall–Kier alpha value is -1.49. The van der Waals surface area contributed by atoms with E-state index in [1.54, 1.807) is 11.8 Å². The van der Waals surface area contributed by atoms with E-state index in [0.29, 0.717) is 5.89 Å². The molecule has 0 unspecified atom stereocenters. The van der Waals surface area contributed by atoms with Gasteiger partial charge in [0.25, 0.3) is 5.89 Å². The molecule has 4 nitrogen and oxygen atoms in total. The van der Waals surface area contributed by atoms with Crippen LogP contribution in [0.4, 0.5) is 5.69 Å². The van der Waals surface area contributed by atoms with Gasteiger partial charge in [-0.15, -0.1) is 0 Å². The van der Waals surface area contributed by atoms with Gasteiger partial charge in [0, 0.05) is 12.7 Å². The molecular weight excluding hydrogens is 234 g/mol. The van der Waals surface area contributed by atoms with E-state index in [1.807, 2.05) is 31.3 Å². The quantitative estimate of drug-likeness (QED) is 0.882. The van der Waals surface area contributed by atoms with E-state index >= 15 is 0 Å². The highest BCUT2D eigenvalue weighted by Crippen LogP contribution is 2.26. The lowest BCUT2D eigenvalue weighted by Crippen LogP contribution is -1.91. The van der Waals surface area contributed by atoms with E-state index in [-0.39, 0.29) is 0 Å². The number of anilines is 1. The average molecular weight is 249 g/mol. The molecule has 0 aliphatic heterocycles. The zero-order valence-electron chi connectivity index (χ0n) is 9.93. The Balaban J connectivity index is 2.24. The molecule has 0 fully saturated rings. The van der Waals surface area contributed by atoms with Crippen molar-refractivity contribution < 1.29 is 4.52 Å². The van der Waals surface area contributed by atoms with Crippen LogP contribution in [-0.2, 0) is 5.75 Å². The molecule has 0 amide bonds. The number of hydrogen-bond acceptors (Lipinski definition) is 5. The fourth-order valence-electron chi connectivity index (χ4n) is 1.50. The summed E-state index contributed by atoms with van der Waals surface area (Å²) in [6.45, 7) is 2.11. The first-order chi connectivity index (χ1) is 8.35. The van der Waals surface area contributed by atoms with Crippen LogP contribution in [0.25, 0.3) is 11.5 Å². The summed E-state index contributed by atoms with van der Waals surface area (Å²) >= 11 is 1.78. The summed E-state index contributed by atoms with van der Waals surface area (Å²) in [5.74, 6) is 3.16. The first kappa shape index (κ1) is 12.0. The second-order valence-electron chi connectivity index (χ2n) is 3.45. The minimum atomic E-state index is 0.571. The number of nitrogens with one attached hydrogen (secondary N) is 1. The zero-order valence-corrected chi connectivity index (χ0v) is 10.8. The third kappa shape index (κ3) is 2.79. The molecular formula is C12H15N3OS. The third-order valence-electron chi connectivity index (χ3n) is 2.33. The molecule has 1 aromatic heterocycles. The van der Waals surface area contributed by atoms with Gasteiger partial charge < -0.3 is 9.84 Å². The minimum Gasteiger partial charge on any atom is -0.387 e. The Morgan fingerprint density at radius 3 is 2.94 bits per heavy atom. The van der Waals surface area contributed by atoms with Gasteiger partial charge in [0.1, 0.15) is 0 Å². The molecule has 2 rings (SSSR count). The fourth-order valence-corrected chi connectivity index (χ4v) is 2.01. The number of thioether (sulfide) groups is 1. The Bertz CT molecular complexity index is 484. The highest BCUT2D eigenvalue weighted by atomic mass is 32.2. The van der Waals surface area contributed by atoms with Gasteiger partial charge in [0.2, 0.25) is 0 Å². The Kier molecular flexibility index (Phi) is 4.03. The summed E-state index contributed by atoms with van der Waals surface area (Å²) in [4.78, 5) is 4.39. The monoisotopic (exact) mass is 249 g/mol. The molecule has 17 heavy (non-hydrogen) atoms. The van der Waals surface area contributed by atoms with Crippen LogP contribution >= 0.6 is 11.8 Å². The van der Waals surface area contributed by atoms with Crippen molar-refractivity contribution in [2.45, 2.75) is 12.7 Å². The van der Waals surface area contributed by atoms with Crippen molar-refractivity contribution >= 4 is 17.4 Å². The lowest BCUT2D eigenvalue weighted by molar-refractivity contribution is 0.425. The standard InChI is InChI=1S/C12H15N3OS/c1-3-17-8-11-14-12(16-15-11)9-6-4-5-7-10(9)13-2/h4-7,13H,3,8H2,1-2H3. The van der Waals surface area contributed by atoms with Crippen LogP contribution < -0.4 is 5.32 Å². The number of nitrogens with zero attached hydrogens (tertiary/aromatic N) is 2. The second-order valence-corrected chi connectivity index (χ2v) is 4.72. The fraction of sp³-hybridized carbons (Fsp3) is 0.333. The topological polar surface area (TPSA) is 51.0 Å². The van der Waals surface area contributed by atoms with Crippen LogP contribution in [0.15, 0.2) is 28.8 Å². The van der Waals surface area contributed by atoms with Gasteiger partial charge in [-0.3, -0.25) is 0 Å². The number of aromatic nitrogens is 2. The van der Waals surface area contributed by atoms with Crippen LogP contribution in [0.2, 0.25) is 0 Å².